The minimum atomic E-state index is -0.178. The number of halogens is 1. The maximum Gasteiger partial charge on any atom is 0.267 e. The molecule has 0 saturated heterocycles. The average Bonchev–Trinajstić information content (AvgIpc) is 3.00. The molecule has 0 aliphatic carbocycles. The Morgan fingerprint density at radius 1 is 1.16 bits per heavy atom. The number of aryl methyl sites for hydroxylation is 2. The molecule has 128 valence electrons. The Morgan fingerprint density at radius 2 is 1.88 bits per heavy atom. The molecular formula is C19H18ClN3OS. The molecule has 0 atom stereocenters. The number of carbonyl (C=O) groups is 1. The second kappa shape index (κ2) is 7.25. The number of nitrogens with zero attached hydrogens (tertiary/aromatic N) is 2. The zero-order valence-electron chi connectivity index (χ0n) is 14.2. The lowest BCUT2D eigenvalue weighted by Crippen LogP contribution is -2.11. The van der Waals surface area contributed by atoms with Gasteiger partial charge in [-0.1, -0.05) is 47.2 Å². The summed E-state index contributed by atoms with van der Waals surface area (Å²) in [7, 11) is 1.94. The third-order valence-corrected chi connectivity index (χ3v) is 5.49. The maximum atomic E-state index is 12.6. The van der Waals surface area contributed by atoms with Crippen molar-refractivity contribution in [3.05, 3.63) is 69.7 Å². The first-order chi connectivity index (χ1) is 12.0. The van der Waals surface area contributed by atoms with Crippen LogP contribution in [0, 0.1) is 13.8 Å². The summed E-state index contributed by atoms with van der Waals surface area (Å²) < 4.78 is 0. The first kappa shape index (κ1) is 17.5. The summed E-state index contributed by atoms with van der Waals surface area (Å²) in [6, 6.07) is 15.4. The number of aromatic nitrogens is 1. The minimum absolute atomic E-state index is 0.178. The number of amides is 1. The van der Waals surface area contributed by atoms with Gasteiger partial charge >= 0.3 is 0 Å². The van der Waals surface area contributed by atoms with Crippen LogP contribution in [0.2, 0.25) is 5.02 Å². The lowest BCUT2D eigenvalue weighted by molar-refractivity contribution is 0.103. The molecule has 3 rings (SSSR count). The highest BCUT2D eigenvalue weighted by molar-refractivity contribution is 7.17. The highest BCUT2D eigenvalue weighted by Gasteiger charge is 2.18. The molecule has 1 N–H and O–H groups in total. The van der Waals surface area contributed by atoms with E-state index in [4.69, 9.17) is 11.6 Å². The van der Waals surface area contributed by atoms with Gasteiger partial charge in [0.25, 0.3) is 5.91 Å². The van der Waals surface area contributed by atoms with Gasteiger partial charge in [-0.05, 0) is 43.7 Å². The van der Waals surface area contributed by atoms with Gasteiger partial charge in [0.15, 0.2) is 5.13 Å². The lowest BCUT2D eigenvalue weighted by Gasteiger charge is -2.15. The van der Waals surface area contributed by atoms with E-state index in [1.54, 1.807) is 6.07 Å². The summed E-state index contributed by atoms with van der Waals surface area (Å²) in [5.74, 6) is -0.178. The van der Waals surface area contributed by atoms with Crippen molar-refractivity contribution in [2.45, 2.75) is 13.8 Å². The monoisotopic (exact) mass is 371 g/mol. The Hall–Kier alpha value is -2.37. The van der Waals surface area contributed by atoms with Gasteiger partial charge in [0, 0.05) is 23.4 Å². The van der Waals surface area contributed by atoms with Crippen LogP contribution in [-0.4, -0.2) is 17.9 Å². The van der Waals surface area contributed by atoms with E-state index in [9.17, 15) is 4.79 Å². The van der Waals surface area contributed by atoms with Gasteiger partial charge in [0.1, 0.15) is 4.88 Å². The van der Waals surface area contributed by atoms with Crippen molar-refractivity contribution in [1.29, 1.82) is 0 Å². The van der Waals surface area contributed by atoms with Crippen LogP contribution in [0.1, 0.15) is 20.9 Å². The number of thiazole rings is 1. The van der Waals surface area contributed by atoms with Crippen LogP contribution in [0.5, 0.6) is 0 Å². The van der Waals surface area contributed by atoms with Gasteiger partial charge in [-0.15, -0.1) is 0 Å². The quantitative estimate of drug-likeness (QED) is 0.664. The molecule has 3 aromatic rings. The topological polar surface area (TPSA) is 45.2 Å². The number of nitrogens with one attached hydrogen (secondary N) is 1. The summed E-state index contributed by atoms with van der Waals surface area (Å²) in [5.41, 5.74) is 3.37. The van der Waals surface area contributed by atoms with Gasteiger partial charge in [-0.3, -0.25) is 4.79 Å². The van der Waals surface area contributed by atoms with Gasteiger partial charge < -0.3 is 10.2 Å². The zero-order chi connectivity index (χ0) is 18.0. The standard InChI is InChI=1S/C19H18ClN3OS/c1-12-9-10-14(11-16(12)20)22-18(24)17-13(2)21-19(25-17)23(3)15-7-5-4-6-8-15/h4-11H,1-3H3,(H,22,24). The van der Waals surface area contributed by atoms with Crippen molar-refractivity contribution in [2.24, 2.45) is 0 Å². The van der Waals surface area contributed by atoms with Gasteiger partial charge in [0.05, 0.1) is 5.69 Å². The van der Waals surface area contributed by atoms with E-state index in [1.807, 2.05) is 68.3 Å². The normalized spacial score (nSPS) is 10.6. The van der Waals surface area contributed by atoms with Crippen LogP contribution in [0.4, 0.5) is 16.5 Å². The average molecular weight is 372 g/mol. The molecule has 0 aliphatic heterocycles. The van der Waals surface area contributed by atoms with Crippen LogP contribution >= 0.6 is 22.9 Å². The van der Waals surface area contributed by atoms with Gasteiger partial charge in [-0.2, -0.15) is 0 Å². The Morgan fingerprint density at radius 3 is 2.56 bits per heavy atom. The molecule has 0 fully saturated rings. The largest absolute Gasteiger partial charge is 0.321 e. The molecule has 0 radical (unpaired) electrons. The molecule has 1 heterocycles. The van der Waals surface area contributed by atoms with Gasteiger partial charge in [0.2, 0.25) is 0 Å². The minimum Gasteiger partial charge on any atom is -0.321 e. The molecule has 0 bridgehead atoms. The fraction of sp³-hybridized carbons (Fsp3) is 0.158. The van der Waals surface area contributed by atoms with E-state index < -0.39 is 0 Å². The van der Waals surface area contributed by atoms with E-state index in [0.717, 1.165) is 16.4 Å². The summed E-state index contributed by atoms with van der Waals surface area (Å²) in [6.45, 7) is 3.77. The van der Waals surface area contributed by atoms with Crippen molar-refractivity contribution < 1.29 is 4.79 Å². The van der Waals surface area contributed by atoms with E-state index in [2.05, 4.69) is 10.3 Å². The van der Waals surface area contributed by atoms with Crippen LogP contribution in [0.25, 0.3) is 0 Å². The molecule has 1 amide bonds. The lowest BCUT2D eigenvalue weighted by atomic mass is 10.2. The van der Waals surface area contributed by atoms with Gasteiger partial charge in [-0.25, -0.2) is 4.98 Å². The predicted molar refractivity (Wildman–Crippen MR) is 105 cm³/mol. The van der Waals surface area contributed by atoms with Crippen LogP contribution in [-0.2, 0) is 0 Å². The zero-order valence-corrected chi connectivity index (χ0v) is 15.8. The number of para-hydroxylation sites is 1. The SMILES string of the molecule is Cc1ccc(NC(=O)c2sc(N(C)c3ccccc3)nc2C)cc1Cl. The second-order valence-corrected chi connectivity index (χ2v) is 7.11. The Balaban J connectivity index is 1.82. The fourth-order valence-corrected chi connectivity index (χ4v) is 3.48. The molecule has 0 unspecified atom stereocenters. The van der Waals surface area contributed by atoms with E-state index >= 15 is 0 Å². The molecule has 0 saturated carbocycles. The van der Waals surface area contributed by atoms with Crippen LogP contribution < -0.4 is 10.2 Å². The molecule has 4 nitrogen and oxygen atoms in total. The summed E-state index contributed by atoms with van der Waals surface area (Å²) in [6.07, 6.45) is 0. The van der Waals surface area contributed by atoms with Crippen molar-refractivity contribution in [1.82, 2.24) is 4.98 Å². The number of rotatable bonds is 4. The van der Waals surface area contributed by atoms with E-state index in [1.165, 1.54) is 11.3 Å². The van der Waals surface area contributed by atoms with Crippen LogP contribution in [0.15, 0.2) is 48.5 Å². The highest BCUT2D eigenvalue weighted by Crippen LogP contribution is 2.31. The molecular weight excluding hydrogens is 354 g/mol. The first-order valence-corrected chi connectivity index (χ1v) is 8.99. The van der Waals surface area contributed by atoms with Crippen molar-refractivity contribution in [2.75, 3.05) is 17.3 Å². The van der Waals surface area contributed by atoms with Crippen molar-refractivity contribution >= 4 is 45.4 Å². The van der Waals surface area contributed by atoms with E-state index in [-0.39, 0.29) is 5.91 Å². The molecule has 2 aromatic carbocycles. The Kier molecular flexibility index (Phi) is 5.06. The summed E-state index contributed by atoms with van der Waals surface area (Å²) in [5, 5.41) is 4.29. The van der Waals surface area contributed by atoms with Crippen molar-refractivity contribution in [3.63, 3.8) is 0 Å². The number of anilines is 3. The molecule has 0 spiro atoms. The number of hydrogen-bond donors (Lipinski definition) is 1. The molecule has 6 heteroatoms. The molecule has 25 heavy (non-hydrogen) atoms. The number of carbonyl (C=O) groups excluding carboxylic acids is 1. The first-order valence-electron chi connectivity index (χ1n) is 7.79. The third kappa shape index (κ3) is 3.83. The molecule has 1 aromatic heterocycles. The Bertz CT molecular complexity index is 908. The summed E-state index contributed by atoms with van der Waals surface area (Å²) in [4.78, 5) is 19.7. The van der Waals surface area contributed by atoms with Crippen molar-refractivity contribution in [3.8, 4) is 0 Å². The molecule has 0 aliphatic rings. The predicted octanol–water partition coefficient (Wildman–Crippen LogP) is 5.43. The summed E-state index contributed by atoms with van der Waals surface area (Å²) >= 11 is 7.49. The highest BCUT2D eigenvalue weighted by atomic mass is 35.5. The van der Waals surface area contributed by atoms with Crippen LogP contribution in [0.3, 0.4) is 0 Å². The third-order valence-electron chi connectivity index (χ3n) is 3.85. The second-order valence-electron chi connectivity index (χ2n) is 5.72. The smallest absolute Gasteiger partial charge is 0.267 e. The number of hydrogen-bond acceptors (Lipinski definition) is 4. The van der Waals surface area contributed by atoms with E-state index in [0.29, 0.717) is 21.3 Å². The maximum absolute atomic E-state index is 12.6. The fourth-order valence-electron chi connectivity index (χ4n) is 2.36. The number of benzene rings is 2. The Labute approximate surface area is 156 Å².